The molecule has 1 aliphatic heterocycles. The second-order valence-corrected chi connectivity index (χ2v) is 9.37. The molecule has 1 N–H and O–H groups in total. The molecule has 1 aliphatic rings. The number of carbonyl (C=O) groups excluding carboxylic acids is 1. The molecule has 2 aromatic carbocycles. The molecule has 0 unspecified atom stereocenters. The van der Waals surface area contributed by atoms with Crippen molar-refractivity contribution in [3.05, 3.63) is 53.7 Å². The molecule has 1 amide bonds. The summed E-state index contributed by atoms with van der Waals surface area (Å²) in [6.07, 6.45) is 2.11. The first-order valence-corrected chi connectivity index (χ1v) is 11.9. The Kier molecular flexibility index (Phi) is 5.92. The Bertz CT molecular complexity index is 1270. The van der Waals surface area contributed by atoms with Crippen LogP contribution in [0.3, 0.4) is 0 Å². The molecule has 9 heteroatoms. The van der Waals surface area contributed by atoms with Gasteiger partial charge in [-0.2, -0.15) is 0 Å². The molecule has 0 radical (unpaired) electrons. The Morgan fingerprint density at radius 2 is 2.03 bits per heavy atom. The highest BCUT2D eigenvalue weighted by Crippen LogP contribution is 2.39. The number of sulfonamides is 1. The maximum absolute atomic E-state index is 13.8. The molecule has 0 bridgehead atoms. The van der Waals surface area contributed by atoms with Gasteiger partial charge in [-0.15, -0.1) is 0 Å². The topological polar surface area (TPSA) is 102 Å². The smallest absolute Gasteiger partial charge is 0.268 e. The van der Waals surface area contributed by atoms with Crippen molar-refractivity contribution in [3.63, 3.8) is 0 Å². The summed E-state index contributed by atoms with van der Waals surface area (Å²) in [6.45, 7) is 3.66. The van der Waals surface area contributed by atoms with Crippen molar-refractivity contribution in [2.75, 3.05) is 23.3 Å². The highest BCUT2D eigenvalue weighted by molar-refractivity contribution is 7.93. The lowest BCUT2D eigenvalue weighted by Crippen LogP contribution is -2.35. The molecule has 0 aliphatic carbocycles. The molecule has 0 spiro atoms. The number of carbonyl (C=O) groups is 1. The number of nitrogens with zero attached hydrogens (tertiary/aromatic N) is 2. The number of anilines is 2. The zero-order valence-electron chi connectivity index (χ0n) is 18.2. The van der Waals surface area contributed by atoms with E-state index in [1.807, 2.05) is 31.2 Å². The van der Waals surface area contributed by atoms with Crippen molar-refractivity contribution in [1.82, 2.24) is 5.16 Å². The normalized spacial score (nSPS) is 13.5. The number of para-hydroxylation sites is 1. The van der Waals surface area contributed by atoms with Crippen LogP contribution in [0.15, 0.2) is 51.9 Å². The number of fused-ring (bicyclic) bond motifs is 1. The third-order valence-corrected chi connectivity index (χ3v) is 7.31. The molecular formula is C23H25N3O5S. The molecule has 2 heterocycles. The summed E-state index contributed by atoms with van der Waals surface area (Å²) in [4.78, 5) is 11.7. The number of aromatic nitrogens is 1. The van der Waals surface area contributed by atoms with E-state index in [1.54, 1.807) is 18.2 Å². The van der Waals surface area contributed by atoms with Crippen LogP contribution in [0, 0.1) is 0 Å². The summed E-state index contributed by atoms with van der Waals surface area (Å²) in [5, 5.41) is 6.67. The summed E-state index contributed by atoms with van der Waals surface area (Å²) >= 11 is 0. The van der Waals surface area contributed by atoms with E-state index in [-0.39, 0.29) is 22.4 Å². The van der Waals surface area contributed by atoms with E-state index in [2.05, 4.69) is 10.5 Å². The van der Waals surface area contributed by atoms with Crippen LogP contribution < -0.4 is 14.4 Å². The van der Waals surface area contributed by atoms with Crippen molar-refractivity contribution in [2.45, 2.75) is 38.0 Å². The van der Waals surface area contributed by atoms with Gasteiger partial charge in [-0.1, -0.05) is 36.3 Å². The standard InChI is InChI=1S/C23H25N3O5S/c1-4-18-22(23(31-25-18)24-15(2)27)17-11-12-20(30-3)21(14-17)32(28,29)26-13-7-9-16-8-5-6-10-19(16)26/h5-6,8,10-12,14H,4,7,9,13H2,1-3H3,(H,24,27). The van der Waals surface area contributed by atoms with Crippen LogP contribution in [0.25, 0.3) is 11.1 Å². The zero-order chi connectivity index (χ0) is 22.9. The number of rotatable bonds is 6. The molecule has 0 fully saturated rings. The van der Waals surface area contributed by atoms with E-state index in [0.29, 0.717) is 35.5 Å². The number of benzene rings is 2. The minimum atomic E-state index is -3.92. The number of aryl methyl sites for hydroxylation is 2. The largest absolute Gasteiger partial charge is 0.495 e. The first kappa shape index (κ1) is 21.9. The Morgan fingerprint density at radius 3 is 2.75 bits per heavy atom. The van der Waals surface area contributed by atoms with Gasteiger partial charge in [0, 0.05) is 13.5 Å². The van der Waals surface area contributed by atoms with Crippen molar-refractivity contribution in [3.8, 4) is 16.9 Å². The third-order valence-electron chi connectivity index (χ3n) is 5.48. The number of amides is 1. The fourth-order valence-corrected chi connectivity index (χ4v) is 5.73. The van der Waals surface area contributed by atoms with Crippen LogP contribution in [-0.2, 0) is 27.7 Å². The molecular weight excluding hydrogens is 430 g/mol. The molecule has 168 valence electrons. The van der Waals surface area contributed by atoms with E-state index in [9.17, 15) is 13.2 Å². The van der Waals surface area contributed by atoms with Crippen LogP contribution in [0.1, 0.15) is 31.5 Å². The van der Waals surface area contributed by atoms with E-state index in [4.69, 9.17) is 9.26 Å². The quantitative estimate of drug-likeness (QED) is 0.603. The Labute approximate surface area is 187 Å². The number of ether oxygens (including phenoxy) is 1. The lowest BCUT2D eigenvalue weighted by atomic mass is 10.0. The molecule has 3 aromatic rings. The predicted octanol–water partition coefficient (Wildman–Crippen LogP) is 4.01. The van der Waals surface area contributed by atoms with Gasteiger partial charge in [0.15, 0.2) is 0 Å². The zero-order valence-corrected chi connectivity index (χ0v) is 19.0. The maximum atomic E-state index is 13.8. The SMILES string of the molecule is CCc1noc(NC(C)=O)c1-c1ccc(OC)c(S(=O)(=O)N2CCCc3ccccc32)c1. The molecule has 8 nitrogen and oxygen atoms in total. The average molecular weight is 456 g/mol. The van der Waals surface area contributed by atoms with Gasteiger partial charge in [0.05, 0.1) is 24.1 Å². The second-order valence-electron chi connectivity index (χ2n) is 7.54. The minimum Gasteiger partial charge on any atom is -0.495 e. The minimum absolute atomic E-state index is 0.0474. The van der Waals surface area contributed by atoms with Crippen molar-refractivity contribution >= 4 is 27.5 Å². The van der Waals surface area contributed by atoms with Gasteiger partial charge in [0.25, 0.3) is 10.0 Å². The second kappa shape index (κ2) is 8.66. The first-order valence-electron chi connectivity index (χ1n) is 10.4. The van der Waals surface area contributed by atoms with Crippen LogP contribution >= 0.6 is 0 Å². The van der Waals surface area contributed by atoms with Gasteiger partial charge in [0.2, 0.25) is 11.8 Å². The van der Waals surface area contributed by atoms with E-state index in [0.717, 1.165) is 18.4 Å². The fourth-order valence-electron chi connectivity index (χ4n) is 4.01. The van der Waals surface area contributed by atoms with Gasteiger partial charge >= 0.3 is 0 Å². The van der Waals surface area contributed by atoms with Gasteiger partial charge < -0.3 is 9.26 Å². The van der Waals surface area contributed by atoms with E-state index in [1.165, 1.54) is 18.3 Å². The van der Waals surface area contributed by atoms with Gasteiger partial charge in [0.1, 0.15) is 10.6 Å². The lowest BCUT2D eigenvalue weighted by molar-refractivity contribution is -0.114. The first-order chi connectivity index (χ1) is 15.4. The van der Waals surface area contributed by atoms with Crippen LogP contribution in [0.2, 0.25) is 0 Å². The average Bonchev–Trinajstić information content (AvgIpc) is 3.20. The summed E-state index contributed by atoms with van der Waals surface area (Å²) in [7, 11) is -2.48. The fraction of sp³-hybridized carbons (Fsp3) is 0.304. The Morgan fingerprint density at radius 1 is 1.25 bits per heavy atom. The van der Waals surface area contributed by atoms with Crippen LogP contribution in [0.4, 0.5) is 11.6 Å². The summed E-state index contributed by atoms with van der Waals surface area (Å²) in [6, 6.07) is 12.4. The van der Waals surface area contributed by atoms with E-state index < -0.39 is 10.0 Å². The van der Waals surface area contributed by atoms with Crippen molar-refractivity contribution in [2.24, 2.45) is 0 Å². The highest BCUT2D eigenvalue weighted by atomic mass is 32.2. The van der Waals surface area contributed by atoms with Crippen LogP contribution in [-0.4, -0.2) is 33.1 Å². The Hall–Kier alpha value is -3.33. The molecule has 1 aromatic heterocycles. The summed E-state index contributed by atoms with van der Waals surface area (Å²) in [5.74, 6) is 0.120. The molecule has 0 saturated carbocycles. The third kappa shape index (κ3) is 3.84. The number of hydrogen-bond acceptors (Lipinski definition) is 6. The maximum Gasteiger partial charge on any atom is 0.268 e. The number of nitrogens with one attached hydrogen (secondary N) is 1. The van der Waals surface area contributed by atoms with Gasteiger partial charge in [-0.05, 0) is 48.6 Å². The van der Waals surface area contributed by atoms with Crippen molar-refractivity contribution in [1.29, 1.82) is 0 Å². The van der Waals surface area contributed by atoms with Crippen LogP contribution in [0.5, 0.6) is 5.75 Å². The number of methoxy groups -OCH3 is 1. The monoisotopic (exact) mass is 455 g/mol. The molecule has 32 heavy (non-hydrogen) atoms. The molecule has 4 rings (SSSR count). The van der Waals surface area contributed by atoms with E-state index >= 15 is 0 Å². The van der Waals surface area contributed by atoms with Crippen molar-refractivity contribution < 1.29 is 22.5 Å². The molecule has 0 atom stereocenters. The number of hydrogen-bond donors (Lipinski definition) is 1. The predicted molar refractivity (Wildman–Crippen MR) is 121 cm³/mol. The Balaban J connectivity index is 1.86. The molecule has 0 saturated heterocycles. The summed E-state index contributed by atoms with van der Waals surface area (Å²) < 4.78 is 39.8. The summed E-state index contributed by atoms with van der Waals surface area (Å²) in [5.41, 5.74) is 3.42. The van der Waals surface area contributed by atoms with Gasteiger partial charge in [-0.25, -0.2) is 8.42 Å². The van der Waals surface area contributed by atoms with Gasteiger partial charge in [-0.3, -0.25) is 14.4 Å². The lowest BCUT2D eigenvalue weighted by Gasteiger charge is -2.31. The highest BCUT2D eigenvalue weighted by Gasteiger charge is 2.32.